The molecule has 1 aliphatic heterocycles. The van der Waals surface area contributed by atoms with Gasteiger partial charge in [0, 0.05) is 5.69 Å². The zero-order chi connectivity index (χ0) is 14.7. The van der Waals surface area contributed by atoms with E-state index in [1.165, 1.54) is 0 Å². The summed E-state index contributed by atoms with van der Waals surface area (Å²) in [5.74, 6) is -0.0545. The maximum atomic E-state index is 11.7. The van der Waals surface area contributed by atoms with Gasteiger partial charge in [-0.1, -0.05) is 18.2 Å². The summed E-state index contributed by atoms with van der Waals surface area (Å²) in [5, 5.41) is 17.8. The first-order chi connectivity index (χ1) is 10.2. The van der Waals surface area contributed by atoms with Crippen molar-refractivity contribution in [2.45, 2.75) is 12.5 Å². The van der Waals surface area contributed by atoms with Gasteiger partial charge < -0.3 is 10.0 Å². The minimum absolute atomic E-state index is 0.0545. The Morgan fingerprint density at radius 1 is 0.952 bits per heavy atom. The molecule has 2 aromatic rings. The second-order valence-corrected chi connectivity index (χ2v) is 4.91. The van der Waals surface area contributed by atoms with Gasteiger partial charge in [-0.25, -0.2) is 0 Å². The number of amides is 1. The van der Waals surface area contributed by atoms with Gasteiger partial charge in [0.15, 0.2) is 0 Å². The van der Waals surface area contributed by atoms with E-state index in [0.717, 1.165) is 17.1 Å². The molecule has 0 bridgehead atoms. The number of carbonyl (C=O) groups is 1. The van der Waals surface area contributed by atoms with E-state index in [9.17, 15) is 9.90 Å². The zero-order valence-electron chi connectivity index (χ0n) is 11.4. The number of aliphatic hydroxyl groups excluding tert-OH is 1. The summed E-state index contributed by atoms with van der Waals surface area (Å²) >= 11 is 0. The molecule has 3 rings (SSSR count). The summed E-state index contributed by atoms with van der Waals surface area (Å²) in [6.45, 7) is 0.351. The van der Waals surface area contributed by atoms with E-state index in [1.807, 2.05) is 42.5 Å². The van der Waals surface area contributed by atoms with Crippen molar-refractivity contribution in [1.82, 2.24) is 0 Å². The summed E-state index contributed by atoms with van der Waals surface area (Å²) < 4.78 is 0. The lowest BCUT2D eigenvalue weighted by molar-refractivity contribution is -0.117. The van der Waals surface area contributed by atoms with Crippen LogP contribution in [0.15, 0.2) is 64.8 Å². The first kappa shape index (κ1) is 13.5. The molecule has 0 saturated carbocycles. The molecule has 1 fully saturated rings. The quantitative estimate of drug-likeness (QED) is 0.878. The number of hydrogen-bond acceptors (Lipinski definition) is 4. The Hall–Kier alpha value is -2.53. The number of anilines is 1. The van der Waals surface area contributed by atoms with Crippen molar-refractivity contribution in [3.63, 3.8) is 0 Å². The number of benzene rings is 2. The zero-order valence-corrected chi connectivity index (χ0v) is 11.4. The number of azo groups is 1. The molecule has 5 heteroatoms. The first-order valence-electron chi connectivity index (χ1n) is 6.78. The van der Waals surface area contributed by atoms with Crippen LogP contribution in [0.1, 0.15) is 6.42 Å². The predicted molar refractivity (Wildman–Crippen MR) is 80.0 cm³/mol. The van der Waals surface area contributed by atoms with Gasteiger partial charge in [-0.15, -0.1) is 0 Å². The Morgan fingerprint density at radius 2 is 1.57 bits per heavy atom. The number of carbonyl (C=O) groups excluding carboxylic acids is 1. The van der Waals surface area contributed by atoms with Crippen molar-refractivity contribution in [1.29, 1.82) is 0 Å². The highest BCUT2D eigenvalue weighted by Gasteiger charge is 2.28. The van der Waals surface area contributed by atoms with Gasteiger partial charge in [-0.3, -0.25) is 4.79 Å². The largest absolute Gasteiger partial charge is 0.391 e. The summed E-state index contributed by atoms with van der Waals surface area (Å²) in [4.78, 5) is 13.3. The van der Waals surface area contributed by atoms with Gasteiger partial charge in [-0.2, -0.15) is 10.2 Å². The van der Waals surface area contributed by atoms with E-state index in [1.54, 1.807) is 17.0 Å². The van der Waals surface area contributed by atoms with E-state index >= 15 is 0 Å². The van der Waals surface area contributed by atoms with Crippen LogP contribution in [-0.4, -0.2) is 23.7 Å². The van der Waals surface area contributed by atoms with Gasteiger partial charge in [-0.05, 0) is 36.4 Å². The molecular formula is C16H15N3O2. The standard InChI is InChI=1S/C16H15N3O2/c20-15-10-16(21)19(11-15)14-8-6-13(7-9-14)18-17-12-4-2-1-3-5-12/h1-9,15,20H,10-11H2. The van der Waals surface area contributed by atoms with E-state index in [-0.39, 0.29) is 12.3 Å². The van der Waals surface area contributed by atoms with Crippen LogP contribution in [0.3, 0.4) is 0 Å². The van der Waals surface area contributed by atoms with Crippen LogP contribution in [0.25, 0.3) is 0 Å². The molecule has 1 aliphatic rings. The molecular weight excluding hydrogens is 266 g/mol. The summed E-state index contributed by atoms with van der Waals surface area (Å²) in [5.41, 5.74) is 2.28. The third kappa shape index (κ3) is 3.14. The summed E-state index contributed by atoms with van der Waals surface area (Å²) in [6, 6.07) is 16.7. The van der Waals surface area contributed by atoms with Crippen molar-refractivity contribution in [3.8, 4) is 0 Å². The lowest BCUT2D eigenvalue weighted by Crippen LogP contribution is -2.24. The molecule has 21 heavy (non-hydrogen) atoms. The Kier molecular flexibility index (Phi) is 3.75. The molecule has 0 aromatic heterocycles. The van der Waals surface area contributed by atoms with Gasteiger partial charge in [0.1, 0.15) is 0 Å². The molecule has 1 heterocycles. The lowest BCUT2D eigenvalue weighted by atomic mass is 10.2. The molecule has 1 amide bonds. The van der Waals surface area contributed by atoms with Crippen LogP contribution in [0.5, 0.6) is 0 Å². The highest BCUT2D eigenvalue weighted by Crippen LogP contribution is 2.25. The molecule has 1 saturated heterocycles. The minimum atomic E-state index is -0.574. The van der Waals surface area contributed by atoms with Gasteiger partial charge in [0.2, 0.25) is 5.91 Å². The van der Waals surface area contributed by atoms with Crippen molar-refractivity contribution in [2.75, 3.05) is 11.4 Å². The van der Waals surface area contributed by atoms with Crippen molar-refractivity contribution < 1.29 is 9.90 Å². The average molecular weight is 281 g/mol. The number of β-amino-alcohol motifs (C(OH)–C–C–N with tert-alkyl or cyclic N) is 1. The van der Waals surface area contributed by atoms with E-state index in [2.05, 4.69) is 10.2 Å². The van der Waals surface area contributed by atoms with Crippen LogP contribution in [0.4, 0.5) is 17.1 Å². The van der Waals surface area contributed by atoms with Crippen molar-refractivity contribution in [3.05, 3.63) is 54.6 Å². The summed E-state index contributed by atoms with van der Waals surface area (Å²) in [7, 11) is 0. The molecule has 2 aromatic carbocycles. The van der Waals surface area contributed by atoms with Crippen molar-refractivity contribution >= 4 is 23.0 Å². The fourth-order valence-corrected chi connectivity index (χ4v) is 2.25. The molecule has 0 aliphatic carbocycles. The maximum Gasteiger partial charge on any atom is 0.229 e. The van der Waals surface area contributed by atoms with Crippen LogP contribution in [-0.2, 0) is 4.79 Å². The number of nitrogens with zero attached hydrogens (tertiary/aromatic N) is 3. The number of rotatable bonds is 3. The highest BCUT2D eigenvalue weighted by atomic mass is 16.3. The smallest absolute Gasteiger partial charge is 0.229 e. The van der Waals surface area contributed by atoms with Crippen LogP contribution >= 0.6 is 0 Å². The monoisotopic (exact) mass is 281 g/mol. The Bertz CT molecular complexity index is 653. The van der Waals surface area contributed by atoms with Gasteiger partial charge in [0.25, 0.3) is 0 Å². The average Bonchev–Trinajstić information content (AvgIpc) is 2.85. The third-order valence-corrected chi connectivity index (χ3v) is 3.30. The van der Waals surface area contributed by atoms with Crippen molar-refractivity contribution in [2.24, 2.45) is 10.2 Å². The molecule has 1 unspecified atom stereocenters. The fraction of sp³-hybridized carbons (Fsp3) is 0.188. The van der Waals surface area contributed by atoms with Crippen LogP contribution in [0, 0.1) is 0 Å². The van der Waals surface area contributed by atoms with E-state index in [4.69, 9.17) is 0 Å². The molecule has 0 radical (unpaired) electrons. The summed E-state index contributed by atoms with van der Waals surface area (Å²) in [6.07, 6.45) is -0.384. The number of aliphatic hydroxyl groups is 1. The predicted octanol–water partition coefficient (Wildman–Crippen LogP) is 3.20. The topological polar surface area (TPSA) is 65.3 Å². The van der Waals surface area contributed by atoms with Crippen LogP contribution in [0.2, 0.25) is 0 Å². The van der Waals surface area contributed by atoms with Gasteiger partial charge in [0.05, 0.1) is 30.4 Å². The first-order valence-corrected chi connectivity index (χ1v) is 6.78. The molecule has 1 N–H and O–H groups in total. The van der Waals surface area contributed by atoms with Crippen LogP contribution < -0.4 is 4.90 Å². The second kappa shape index (κ2) is 5.85. The van der Waals surface area contributed by atoms with E-state index < -0.39 is 6.10 Å². The Balaban J connectivity index is 1.73. The second-order valence-electron chi connectivity index (χ2n) is 4.91. The molecule has 5 nitrogen and oxygen atoms in total. The Morgan fingerprint density at radius 3 is 2.14 bits per heavy atom. The highest BCUT2D eigenvalue weighted by molar-refractivity contribution is 5.96. The SMILES string of the molecule is O=C1CC(O)CN1c1ccc(N=Nc2ccccc2)cc1. The fourth-order valence-electron chi connectivity index (χ4n) is 2.25. The normalized spacial score (nSPS) is 18.6. The minimum Gasteiger partial charge on any atom is -0.391 e. The maximum absolute atomic E-state index is 11.7. The molecule has 106 valence electrons. The van der Waals surface area contributed by atoms with Gasteiger partial charge >= 0.3 is 0 Å². The third-order valence-electron chi connectivity index (χ3n) is 3.30. The molecule has 0 spiro atoms. The van der Waals surface area contributed by atoms with E-state index in [0.29, 0.717) is 6.54 Å². The number of hydrogen-bond donors (Lipinski definition) is 1. The molecule has 1 atom stereocenters. The lowest BCUT2D eigenvalue weighted by Gasteiger charge is -2.15. The Labute approximate surface area is 122 Å².